The van der Waals surface area contributed by atoms with E-state index < -0.39 is 0 Å². The van der Waals surface area contributed by atoms with Crippen LogP contribution in [0.2, 0.25) is 0 Å². The molecule has 0 aromatic carbocycles. The third-order valence-corrected chi connectivity index (χ3v) is 3.14. The van der Waals surface area contributed by atoms with Crippen molar-refractivity contribution < 1.29 is 4.74 Å². The van der Waals surface area contributed by atoms with Crippen LogP contribution in [0.25, 0.3) is 0 Å². The van der Waals surface area contributed by atoms with Crippen LogP contribution in [0.5, 0.6) is 0 Å². The van der Waals surface area contributed by atoms with E-state index in [-0.39, 0.29) is 24.2 Å². The molecule has 15 heavy (non-hydrogen) atoms. The van der Waals surface area contributed by atoms with E-state index >= 15 is 0 Å². The van der Waals surface area contributed by atoms with Crippen molar-refractivity contribution in [2.24, 2.45) is 5.92 Å². The van der Waals surface area contributed by atoms with Gasteiger partial charge in [0, 0.05) is 5.54 Å². The molecule has 0 aromatic rings. The lowest BCUT2D eigenvalue weighted by Crippen LogP contribution is -2.41. The molecule has 0 saturated carbocycles. The van der Waals surface area contributed by atoms with Gasteiger partial charge in [-0.3, -0.25) is 5.32 Å². The number of ether oxygens (including phenoxy) is 1. The second kappa shape index (κ2) is 5.48. The van der Waals surface area contributed by atoms with Crippen molar-refractivity contribution in [1.29, 1.82) is 0 Å². The van der Waals surface area contributed by atoms with E-state index in [2.05, 4.69) is 24.5 Å². The van der Waals surface area contributed by atoms with Crippen molar-refractivity contribution in [3.63, 3.8) is 0 Å². The van der Waals surface area contributed by atoms with Crippen LogP contribution >= 0.6 is 12.4 Å². The summed E-state index contributed by atoms with van der Waals surface area (Å²) < 4.78 is 5.73. The van der Waals surface area contributed by atoms with Crippen molar-refractivity contribution in [2.75, 3.05) is 19.7 Å². The number of nitrogens with one attached hydrogen (secondary N) is 2. The third kappa shape index (κ3) is 3.91. The Morgan fingerprint density at radius 2 is 2.20 bits per heavy atom. The van der Waals surface area contributed by atoms with Crippen LogP contribution in [0.15, 0.2) is 0 Å². The van der Waals surface area contributed by atoms with Crippen LogP contribution in [0.4, 0.5) is 0 Å². The molecule has 3 nitrogen and oxygen atoms in total. The number of hydrogen-bond donors (Lipinski definition) is 2. The highest BCUT2D eigenvalue weighted by Crippen LogP contribution is 2.22. The van der Waals surface area contributed by atoms with Gasteiger partial charge in [0.1, 0.15) is 6.23 Å². The summed E-state index contributed by atoms with van der Waals surface area (Å²) in [5, 5.41) is 6.97. The van der Waals surface area contributed by atoms with Gasteiger partial charge in [-0.15, -0.1) is 12.4 Å². The van der Waals surface area contributed by atoms with E-state index in [0.29, 0.717) is 0 Å². The molecule has 2 atom stereocenters. The number of piperidine rings is 1. The summed E-state index contributed by atoms with van der Waals surface area (Å²) in [6.07, 6.45) is 4.13. The quantitative estimate of drug-likeness (QED) is 0.760. The minimum atomic E-state index is 0. The van der Waals surface area contributed by atoms with Crippen molar-refractivity contribution in [2.45, 2.75) is 44.9 Å². The molecule has 4 heteroatoms. The van der Waals surface area contributed by atoms with Gasteiger partial charge in [0.15, 0.2) is 0 Å². The predicted octanol–water partition coefficient (Wildman–Crippen LogP) is 1.52. The van der Waals surface area contributed by atoms with Crippen molar-refractivity contribution in [1.82, 2.24) is 10.6 Å². The average Bonchev–Trinajstić information content (AvgIpc) is 2.47. The summed E-state index contributed by atoms with van der Waals surface area (Å²) in [6.45, 7) is 7.61. The Hall–Kier alpha value is 0.170. The Morgan fingerprint density at radius 3 is 2.73 bits per heavy atom. The van der Waals surface area contributed by atoms with Crippen molar-refractivity contribution in [3.05, 3.63) is 0 Å². The first-order valence-corrected chi connectivity index (χ1v) is 5.76. The second-order valence-corrected chi connectivity index (χ2v) is 5.28. The van der Waals surface area contributed by atoms with E-state index in [0.717, 1.165) is 18.9 Å². The molecular formula is C11H23ClN2O. The third-order valence-electron chi connectivity index (χ3n) is 3.14. The summed E-state index contributed by atoms with van der Waals surface area (Å²) in [5.41, 5.74) is 0.173. The smallest absolute Gasteiger partial charge is 0.109 e. The van der Waals surface area contributed by atoms with Crippen molar-refractivity contribution in [3.8, 4) is 0 Å². The number of hydrogen-bond acceptors (Lipinski definition) is 3. The largest absolute Gasteiger partial charge is 0.361 e. The summed E-state index contributed by atoms with van der Waals surface area (Å²) in [7, 11) is 0. The zero-order chi connectivity index (χ0) is 10.0. The van der Waals surface area contributed by atoms with Gasteiger partial charge in [-0.2, -0.15) is 0 Å². The first-order chi connectivity index (χ1) is 6.66. The Bertz CT molecular complexity index is 193. The zero-order valence-electron chi connectivity index (χ0n) is 9.71. The van der Waals surface area contributed by atoms with Crippen molar-refractivity contribution >= 4 is 12.4 Å². The maximum absolute atomic E-state index is 5.73. The van der Waals surface area contributed by atoms with Crippen LogP contribution in [-0.4, -0.2) is 31.5 Å². The van der Waals surface area contributed by atoms with Gasteiger partial charge in [0.25, 0.3) is 0 Å². The van der Waals surface area contributed by atoms with E-state index in [1.807, 2.05) is 0 Å². The highest BCUT2D eigenvalue weighted by Gasteiger charge is 2.32. The van der Waals surface area contributed by atoms with Crippen LogP contribution in [0, 0.1) is 5.92 Å². The van der Waals surface area contributed by atoms with E-state index in [9.17, 15) is 0 Å². The molecule has 2 aliphatic heterocycles. The molecule has 2 heterocycles. The van der Waals surface area contributed by atoms with Gasteiger partial charge in [0.2, 0.25) is 0 Å². The summed E-state index contributed by atoms with van der Waals surface area (Å²) in [6, 6.07) is 0. The van der Waals surface area contributed by atoms with E-state index in [1.165, 1.54) is 25.9 Å². The van der Waals surface area contributed by atoms with Gasteiger partial charge >= 0.3 is 0 Å². The van der Waals surface area contributed by atoms with E-state index in [1.54, 1.807) is 0 Å². The van der Waals surface area contributed by atoms with Crippen LogP contribution in [0.1, 0.15) is 33.1 Å². The fourth-order valence-electron chi connectivity index (χ4n) is 2.38. The summed E-state index contributed by atoms with van der Waals surface area (Å²) in [4.78, 5) is 0. The molecule has 0 radical (unpaired) electrons. The minimum absolute atomic E-state index is 0. The minimum Gasteiger partial charge on any atom is -0.361 e. The molecule has 0 aliphatic carbocycles. The molecule has 0 aromatic heterocycles. The molecule has 2 aliphatic rings. The van der Waals surface area contributed by atoms with Gasteiger partial charge in [-0.1, -0.05) is 0 Å². The second-order valence-electron chi connectivity index (χ2n) is 5.28. The van der Waals surface area contributed by atoms with Crippen LogP contribution < -0.4 is 10.6 Å². The fraction of sp³-hybridized carbons (Fsp3) is 1.00. The summed E-state index contributed by atoms with van der Waals surface area (Å²) >= 11 is 0. The SMILES string of the molecule is CC1(C)COC(CC2CCCNC2)N1.Cl. The standard InChI is InChI=1S/C11H22N2O.ClH/c1-11(2)8-14-10(13-11)6-9-4-3-5-12-7-9;/h9-10,12-13H,3-8H2,1-2H3;1H. The fourth-order valence-corrected chi connectivity index (χ4v) is 2.38. The molecule has 2 rings (SSSR count). The summed E-state index contributed by atoms with van der Waals surface area (Å²) in [5.74, 6) is 0.801. The lowest BCUT2D eigenvalue weighted by Gasteiger charge is -2.25. The molecular weight excluding hydrogens is 212 g/mol. The topological polar surface area (TPSA) is 33.3 Å². The first-order valence-electron chi connectivity index (χ1n) is 5.76. The normalized spacial score (nSPS) is 34.8. The lowest BCUT2D eigenvalue weighted by atomic mass is 9.95. The van der Waals surface area contributed by atoms with Crippen LogP contribution in [0.3, 0.4) is 0 Å². The number of rotatable bonds is 2. The monoisotopic (exact) mass is 234 g/mol. The molecule has 2 fully saturated rings. The molecule has 90 valence electrons. The highest BCUT2D eigenvalue weighted by atomic mass is 35.5. The van der Waals surface area contributed by atoms with Gasteiger partial charge in [-0.25, -0.2) is 0 Å². The van der Waals surface area contributed by atoms with Gasteiger partial charge in [-0.05, 0) is 52.1 Å². The Morgan fingerprint density at radius 1 is 1.40 bits per heavy atom. The Labute approximate surface area is 98.7 Å². The maximum atomic E-state index is 5.73. The molecule has 0 bridgehead atoms. The molecule has 0 spiro atoms. The first kappa shape index (κ1) is 13.2. The predicted molar refractivity (Wildman–Crippen MR) is 64.4 cm³/mol. The average molecular weight is 235 g/mol. The van der Waals surface area contributed by atoms with E-state index in [4.69, 9.17) is 4.74 Å². The Balaban J connectivity index is 0.00000112. The number of halogens is 1. The van der Waals surface area contributed by atoms with Gasteiger partial charge < -0.3 is 10.1 Å². The molecule has 2 saturated heterocycles. The molecule has 0 amide bonds. The Kier molecular flexibility index (Phi) is 4.84. The zero-order valence-corrected chi connectivity index (χ0v) is 10.5. The van der Waals surface area contributed by atoms with Gasteiger partial charge in [0.05, 0.1) is 6.61 Å². The van der Waals surface area contributed by atoms with Crippen LogP contribution in [-0.2, 0) is 4.74 Å². The molecule has 2 unspecified atom stereocenters. The maximum Gasteiger partial charge on any atom is 0.109 e. The lowest BCUT2D eigenvalue weighted by molar-refractivity contribution is 0.0738. The molecule has 2 N–H and O–H groups in total. The highest BCUT2D eigenvalue weighted by molar-refractivity contribution is 5.85.